The van der Waals surface area contributed by atoms with E-state index < -0.39 is 11.7 Å². The standard InChI is InChI=1S/C17H16F3NO2S/c18-17(19,20)13-4-1-3-12(11-13)16(22)21-7-6-15(24-10-8-21)14-5-2-9-23-14/h1-5,9,11,15H,6-8,10H2. The van der Waals surface area contributed by atoms with Crippen molar-refractivity contribution in [3.05, 3.63) is 59.5 Å². The van der Waals surface area contributed by atoms with Gasteiger partial charge in [-0.2, -0.15) is 13.2 Å². The Morgan fingerprint density at radius 2 is 2.04 bits per heavy atom. The molecule has 0 radical (unpaired) electrons. The van der Waals surface area contributed by atoms with Crippen molar-refractivity contribution in [3.8, 4) is 0 Å². The number of amides is 1. The highest BCUT2D eigenvalue weighted by Gasteiger charge is 2.31. The molecule has 24 heavy (non-hydrogen) atoms. The van der Waals surface area contributed by atoms with Gasteiger partial charge in [-0.25, -0.2) is 0 Å². The van der Waals surface area contributed by atoms with Crippen molar-refractivity contribution in [3.63, 3.8) is 0 Å². The first-order chi connectivity index (χ1) is 11.4. The van der Waals surface area contributed by atoms with Crippen molar-refractivity contribution in [2.75, 3.05) is 18.8 Å². The number of halogens is 3. The molecule has 0 N–H and O–H groups in total. The summed E-state index contributed by atoms with van der Waals surface area (Å²) >= 11 is 1.70. The highest BCUT2D eigenvalue weighted by atomic mass is 32.2. The van der Waals surface area contributed by atoms with Crippen molar-refractivity contribution >= 4 is 17.7 Å². The lowest BCUT2D eigenvalue weighted by Gasteiger charge is -2.20. The molecule has 128 valence electrons. The molecule has 7 heteroatoms. The molecule has 1 amide bonds. The highest BCUT2D eigenvalue weighted by Crippen LogP contribution is 2.35. The number of furan rings is 1. The Hall–Kier alpha value is -1.89. The van der Waals surface area contributed by atoms with Gasteiger partial charge in [0.15, 0.2) is 0 Å². The van der Waals surface area contributed by atoms with Crippen LogP contribution in [0.4, 0.5) is 13.2 Å². The van der Waals surface area contributed by atoms with E-state index in [1.165, 1.54) is 12.1 Å². The van der Waals surface area contributed by atoms with Crippen LogP contribution < -0.4 is 0 Å². The Labute approximate surface area is 141 Å². The summed E-state index contributed by atoms with van der Waals surface area (Å²) in [4.78, 5) is 14.2. The van der Waals surface area contributed by atoms with Crippen molar-refractivity contribution in [2.45, 2.75) is 17.8 Å². The molecule has 1 atom stereocenters. The lowest BCUT2D eigenvalue weighted by Crippen LogP contribution is -2.33. The summed E-state index contributed by atoms with van der Waals surface area (Å²) in [7, 11) is 0. The van der Waals surface area contributed by atoms with Gasteiger partial charge in [0, 0.05) is 24.4 Å². The number of benzene rings is 1. The van der Waals surface area contributed by atoms with Crippen molar-refractivity contribution in [1.82, 2.24) is 4.90 Å². The topological polar surface area (TPSA) is 33.5 Å². The van der Waals surface area contributed by atoms with E-state index >= 15 is 0 Å². The van der Waals surface area contributed by atoms with Crippen LogP contribution in [-0.2, 0) is 6.18 Å². The number of thioether (sulfide) groups is 1. The zero-order valence-electron chi connectivity index (χ0n) is 12.8. The summed E-state index contributed by atoms with van der Waals surface area (Å²) in [5.41, 5.74) is -0.725. The molecule has 3 rings (SSSR count). The molecule has 2 aromatic rings. The SMILES string of the molecule is O=C(c1cccc(C(F)(F)F)c1)N1CCSC(c2ccco2)CC1. The van der Waals surface area contributed by atoms with Crippen LogP contribution in [0.5, 0.6) is 0 Å². The quantitative estimate of drug-likeness (QED) is 0.788. The van der Waals surface area contributed by atoms with E-state index in [0.29, 0.717) is 19.5 Å². The van der Waals surface area contributed by atoms with E-state index in [2.05, 4.69) is 0 Å². The lowest BCUT2D eigenvalue weighted by molar-refractivity contribution is -0.137. The molecule has 1 saturated heterocycles. The zero-order valence-corrected chi connectivity index (χ0v) is 13.6. The first kappa shape index (κ1) is 17.0. The molecule has 1 unspecified atom stereocenters. The Kier molecular flexibility index (Phi) is 4.89. The monoisotopic (exact) mass is 355 g/mol. The van der Waals surface area contributed by atoms with Crippen molar-refractivity contribution < 1.29 is 22.4 Å². The molecule has 2 heterocycles. The number of carbonyl (C=O) groups is 1. The Bertz CT molecular complexity index is 700. The summed E-state index contributed by atoms with van der Waals surface area (Å²) in [6.45, 7) is 1.00. The minimum atomic E-state index is -4.45. The van der Waals surface area contributed by atoms with E-state index in [-0.39, 0.29) is 16.7 Å². The van der Waals surface area contributed by atoms with Crippen LogP contribution in [-0.4, -0.2) is 29.6 Å². The van der Waals surface area contributed by atoms with E-state index in [9.17, 15) is 18.0 Å². The second-order valence-corrected chi connectivity index (χ2v) is 6.84. The average molecular weight is 355 g/mol. The third-order valence-electron chi connectivity index (χ3n) is 3.93. The number of rotatable bonds is 2. The number of hydrogen-bond acceptors (Lipinski definition) is 3. The largest absolute Gasteiger partial charge is 0.468 e. The number of carbonyl (C=O) groups excluding carboxylic acids is 1. The van der Waals surface area contributed by atoms with E-state index in [0.717, 1.165) is 23.6 Å². The van der Waals surface area contributed by atoms with Gasteiger partial charge in [0.05, 0.1) is 17.1 Å². The molecule has 1 aromatic carbocycles. The third-order valence-corrected chi connectivity index (χ3v) is 5.21. The van der Waals surface area contributed by atoms with Crippen LogP contribution in [0.3, 0.4) is 0 Å². The second kappa shape index (κ2) is 6.93. The minimum Gasteiger partial charge on any atom is -0.468 e. The normalized spacial score (nSPS) is 19.1. The number of alkyl halides is 3. The van der Waals surface area contributed by atoms with Crippen LogP contribution in [0.2, 0.25) is 0 Å². The molecule has 1 aromatic heterocycles. The van der Waals surface area contributed by atoms with Crippen LogP contribution in [0.15, 0.2) is 47.1 Å². The van der Waals surface area contributed by atoms with Gasteiger partial charge in [0.1, 0.15) is 5.76 Å². The van der Waals surface area contributed by atoms with Gasteiger partial charge in [0.25, 0.3) is 5.91 Å². The van der Waals surface area contributed by atoms with Gasteiger partial charge in [-0.15, -0.1) is 11.8 Å². The molecule has 0 bridgehead atoms. The second-order valence-electron chi connectivity index (χ2n) is 5.53. The molecule has 0 saturated carbocycles. The van der Waals surface area contributed by atoms with Crippen LogP contribution in [0.25, 0.3) is 0 Å². The summed E-state index contributed by atoms with van der Waals surface area (Å²) in [5, 5.41) is 0.166. The first-order valence-corrected chi connectivity index (χ1v) is 8.61. The maximum Gasteiger partial charge on any atom is 0.416 e. The molecule has 1 aliphatic heterocycles. The lowest BCUT2D eigenvalue weighted by atomic mass is 10.1. The van der Waals surface area contributed by atoms with Gasteiger partial charge in [-0.05, 0) is 36.8 Å². The molecule has 0 aliphatic carbocycles. The summed E-state index contributed by atoms with van der Waals surface area (Å²) < 4.78 is 43.8. The third kappa shape index (κ3) is 3.77. The molecule has 1 fully saturated rings. The molecule has 3 nitrogen and oxygen atoms in total. The van der Waals surface area contributed by atoms with Crippen molar-refractivity contribution in [1.29, 1.82) is 0 Å². The summed E-state index contributed by atoms with van der Waals surface area (Å²) in [5.74, 6) is 1.23. The smallest absolute Gasteiger partial charge is 0.416 e. The van der Waals surface area contributed by atoms with Crippen LogP contribution in [0.1, 0.15) is 33.4 Å². The summed E-state index contributed by atoms with van der Waals surface area (Å²) in [6.07, 6.45) is -2.12. The fraction of sp³-hybridized carbons (Fsp3) is 0.353. The van der Waals surface area contributed by atoms with Crippen molar-refractivity contribution in [2.24, 2.45) is 0 Å². The maximum absolute atomic E-state index is 12.8. The Morgan fingerprint density at radius 3 is 2.75 bits per heavy atom. The van der Waals surface area contributed by atoms with Gasteiger partial charge in [0.2, 0.25) is 0 Å². The van der Waals surface area contributed by atoms with E-state index in [1.807, 2.05) is 12.1 Å². The maximum atomic E-state index is 12.8. The van der Waals surface area contributed by atoms with Crippen LogP contribution in [0, 0.1) is 0 Å². The highest BCUT2D eigenvalue weighted by molar-refractivity contribution is 7.99. The van der Waals surface area contributed by atoms with Gasteiger partial charge < -0.3 is 9.32 Å². The number of hydrogen-bond donors (Lipinski definition) is 0. The predicted octanol–water partition coefficient (Wildman–Crippen LogP) is 4.62. The molecule has 0 spiro atoms. The van der Waals surface area contributed by atoms with Gasteiger partial charge in [-0.3, -0.25) is 4.79 Å². The predicted molar refractivity (Wildman–Crippen MR) is 85.9 cm³/mol. The Balaban J connectivity index is 1.71. The Morgan fingerprint density at radius 1 is 1.21 bits per heavy atom. The van der Waals surface area contributed by atoms with E-state index in [4.69, 9.17) is 4.42 Å². The molecule has 1 aliphatic rings. The fourth-order valence-electron chi connectivity index (χ4n) is 2.69. The minimum absolute atomic E-state index is 0.0753. The molecular formula is C17H16F3NO2S. The van der Waals surface area contributed by atoms with Gasteiger partial charge >= 0.3 is 6.18 Å². The van der Waals surface area contributed by atoms with Gasteiger partial charge in [-0.1, -0.05) is 6.07 Å². The fourth-order valence-corrected chi connectivity index (χ4v) is 3.87. The summed E-state index contributed by atoms with van der Waals surface area (Å²) in [6, 6.07) is 8.33. The van der Waals surface area contributed by atoms with E-state index in [1.54, 1.807) is 22.9 Å². The number of nitrogens with zero attached hydrogens (tertiary/aromatic N) is 1. The average Bonchev–Trinajstić information content (AvgIpc) is 2.98. The zero-order chi connectivity index (χ0) is 17.2. The van der Waals surface area contributed by atoms with Crippen LogP contribution >= 0.6 is 11.8 Å². The molecular weight excluding hydrogens is 339 g/mol. The first-order valence-electron chi connectivity index (χ1n) is 7.56.